The molecule has 0 aromatic heterocycles. The molecule has 7 heteroatoms. The van der Waals surface area contributed by atoms with Gasteiger partial charge >= 0.3 is 0 Å². The van der Waals surface area contributed by atoms with E-state index in [1.165, 1.54) is 13.2 Å². The van der Waals surface area contributed by atoms with Gasteiger partial charge in [-0.2, -0.15) is 10.5 Å². The summed E-state index contributed by atoms with van der Waals surface area (Å²) in [6.45, 7) is 0. The van der Waals surface area contributed by atoms with Crippen molar-refractivity contribution in [3.63, 3.8) is 0 Å². The Balaban J connectivity index is 0.000000224. The summed E-state index contributed by atoms with van der Waals surface area (Å²) in [6.07, 6.45) is 0. The number of hydrogen-bond acceptors (Lipinski definition) is 3. The fourth-order valence-corrected chi connectivity index (χ4v) is 2.18. The van der Waals surface area contributed by atoms with Crippen molar-refractivity contribution in [1.82, 2.24) is 0 Å². The van der Waals surface area contributed by atoms with Crippen LogP contribution in [0.15, 0.2) is 30.3 Å². The quantitative estimate of drug-likeness (QED) is 0.640. The van der Waals surface area contributed by atoms with Gasteiger partial charge in [0, 0.05) is 5.02 Å². The highest BCUT2D eigenvalue weighted by Crippen LogP contribution is 2.32. The van der Waals surface area contributed by atoms with Crippen molar-refractivity contribution in [2.24, 2.45) is 0 Å². The minimum absolute atomic E-state index is 0.270. The lowest BCUT2D eigenvalue weighted by Gasteiger charge is -2.05. The van der Waals surface area contributed by atoms with Crippen LogP contribution in [0.5, 0.6) is 5.75 Å². The van der Waals surface area contributed by atoms with Crippen LogP contribution in [-0.2, 0) is 0 Å². The molecule has 112 valence electrons. The first-order chi connectivity index (χ1) is 10.4. The second-order valence-electron chi connectivity index (χ2n) is 3.79. The highest BCUT2D eigenvalue weighted by Gasteiger charge is 2.10. The number of methoxy groups -OCH3 is 1. The molecule has 0 saturated carbocycles. The van der Waals surface area contributed by atoms with Crippen molar-refractivity contribution in [2.45, 2.75) is 0 Å². The molecule has 0 fully saturated rings. The molecule has 0 bridgehead atoms. The molecule has 2 rings (SSSR count). The highest BCUT2D eigenvalue weighted by molar-refractivity contribution is 6.35. The second kappa shape index (κ2) is 8.73. The van der Waals surface area contributed by atoms with Crippen LogP contribution in [-0.4, -0.2) is 7.11 Å². The summed E-state index contributed by atoms with van der Waals surface area (Å²) in [7, 11) is 1.44. The molecule has 2 aromatic rings. The first-order valence-electron chi connectivity index (χ1n) is 5.71. The largest absolute Gasteiger partial charge is 0.494 e. The van der Waals surface area contributed by atoms with Gasteiger partial charge in [0.05, 0.1) is 27.7 Å². The number of halogens is 4. The molecule has 0 radical (unpaired) electrons. The third kappa shape index (κ3) is 4.70. The van der Waals surface area contributed by atoms with E-state index in [-0.39, 0.29) is 5.56 Å². The Morgan fingerprint density at radius 2 is 1.45 bits per heavy atom. The zero-order chi connectivity index (χ0) is 16.7. The van der Waals surface area contributed by atoms with Crippen LogP contribution in [0.25, 0.3) is 0 Å². The topological polar surface area (TPSA) is 56.8 Å². The predicted molar refractivity (Wildman–Crippen MR) is 88.9 cm³/mol. The number of benzene rings is 2. The van der Waals surface area contributed by atoms with Crippen molar-refractivity contribution in [1.29, 1.82) is 10.5 Å². The van der Waals surface area contributed by atoms with Crippen LogP contribution in [0.1, 0.15) is 11.1 Å². The number of nitriles is 2. The summed E-state index contributed by atoms with van der Waals surface area (Å²) >= 11 is 22.7. The van der Waals surface area contributed by atoms with Gasteiger partial charge in [0.25, 0.3) is 0 Å². The SMILES string of the molecule is COc1c(Cl)ccc(Cl)c1C#N.N#Cc1cc(Cl)ccc1Cl. The van der Waals surface area contributed by atoms with Gasteiger partial charge in [-0.05, 0) is 30.3 Å². The van der Waals surface area contributed by atoms with Gasteiger partial charge in [0.1, 0.15) is 17.7 Å². The fourth-order valence-electron chi connectivity index (χ4n) is 1.42. The predicted octanol–water partition coefficient (Wildman–Crippen LogP) is 5.74. The molecule has 3 nitrogen and oxygen atoms in total. The maximum atomic E-state index is 8.68. The molecule has 0 aliphatic rings. The lowest BCUT2D eigenvalue weighted by Crippen LogP contribution is -1.89. The van der Waals surface area contributed by atoms with Crippen molar-refractivity contribution >= 4 is 46.4 Å². The van der Waals surface area contributed by atoms with Crippen LogP contribution in [0.2, 0.25) is 20.1 Å². The maximum absolute atomic E-state index is 8.68. The third-order valence-corrected chi connectivity index (χ3v) is 3.60. The van der Waals surface area contributed by atoms with Crippen LogP contribution >= 0.6 is 46.4 Å². The average molecular weight is 374 g/mol. The minimum atomic E-state index is 0.270. The Morgan fingerprint density at radius 3 is 1.91 bits per heavy atom. The van der Waals surface area contributed by atoms with Crippen molar-refractivity contribution in [3.8, 4) is 17.9 Å². The molecule has 0 aliphatic carbocycles. The normalized spacial score (nSPS) is 9.05. The average Bonchev–Trinajstić information content (AvgIpc) is 2.52. The molecule has 0 unspecified atom stereocenters. The van der Waals surface area contributed by atoms with Gasteiger partial charge in [0.2, 0.25) is 0 Å². The van der Waals surface area contributed by atoms with E-state index < -0.39 is 0 Å². The molecule has 22 heavy (non-hydrogen) atoms. The van der Waals surface area contributed by atoms with Gasteiger partial charge in [-0.3, -0.25) is 0 Å². The summed E-state index contributed by atoms with van der Waals surface area (Å²) < 4.78 is 4.91. The smallest absolute Gasteiger partial charge is 0.156 e. The van der Waals surface area contributed by atoms with Crippen LogP contribution < -0.4 is 4.74 Å². The second-order valence-corrected chi connectivity index (χ2v) is 5.44. The minimum Gasteiger partial charge on any atom is -0.494 e. The van der Waals surface area contributed by atoms with Gasteiger partial charge in [-0.15, -0.1) is 0 Å². The van der Waals surface area contributed by atoms with Crippen molar-refractivity contribution in [3.05, 3.63) is 61.5 Å². The summed E-state index contributed by atoms with van der Waals surface area (Å²) in [5.74, 6) is 0.326. The molecular formula is C15H8Cl4N2O. The Labute approximate surface area is 148 Å². The molecule has 0 saturated heterocycles. The van der Waals surface area contributed by atoms with E-state index in [0.29, 0.717) is 31.4 Å². The van der Waals surface area contributed by atoms with Gasteiger partial charge in [-0.25, -0.2) is 0 Å². The first-order valence-corrected chi connectivity index (χ1v) is 7.23. The van der Waals surface area contributed by atoms with E-state index in [0.717, 1.165) is 0 Å². The third-order valence-electron chi connectivity index (χ3n) is 2.42. The lowest BCUT2D eigenvalue weighted by molar-refractivity contribution is 0.414. The lowest BCUT2D eigenvalue weighted by atomic mass is 10.2. The van der Waals surface area contributed by atoms with Gasteiger partial charge in [0.15, 0.2) is 5.75 Å². The molecule has 0 heterocycles. The molecule has 0 amide bonds. The van der Waals surface area contributed by atoms with Crippen LogP contribution in [0.3, 0.4) is 0 Å². The summed E-state index contributed by atoms with van der Waals surface area (Å²) in [4.78, 5) is 0. The van der Waals surface area contributed by atoms with Gasteiger partial charge < -0.3 is 4.74 Å². The van der Waals surface area contributed by atoms with E-state index >= 15 is 0 Å². The molecule has 2 aromatic carbocycles. The van der Waals surface area contributed by atoms with Crippen molar-refractivity contribution < 1.29 is 4.74 Å². The van der Waals surface area contributed by atoms with E-state index in [2.05, 4.69) is 0 Å². The van der Waals surface area contributed by atoms with Crippen molar-refractivity contribution in [2.75, 3.05) is 7.11 Å². The highest BCUT2D eigenvalue weighted by atomic mass is 35.5. The molecule has 0 aliphatic heterocycles. The Morgan fingerprint density at radius 1 is 0.864 bits per heavy atom. The number of ether oxygens (including phenoxy) is 1. The van der Waals surface area contributed by atoms with E-state index in [4.69, 9.17) is 61.7 Å². The monoisotopic (exact) mass is 372 g/mol. The fraction of sp³-hybridized carbons (Fsp3) is 0.0667. The molecule has 0 atom stereocenters. The van der Waals surface area contributed by atoms with E-state index in [1.807, 2.05) is 12.1 Å². The number of nitrogens with zero attached hydrogens (tertiary/aromatic N) is 2. The Bertz CT molecular complexity index is 763. The number of hydrogen-bond donors (Lipinski definition) is 0. The first kappa shape index (κ1) is 18.4. The molecule has 0 N–H and O–H groups in total. The number of rotatable bonds is 1. The summed E-state index contributed by atoms with van der Waals surface area (Å²) in [5.41, 5.74) is 0.681. The van der Waals surface area contributed by atoms with E-state index in [9.17, 15) is 0 Å². The standard InChI is InChI=1S/C8H5Cl2NO.C7H3Cl2N/c1-12-8-5(4-11)6(9)2-3-7(8)10;8-6-1-2-7(9)5(3-6)4-10/h2-3H,1H3;1-3H. The summed E-state index contributed by atoms with van der Waals surface area (Å²) in [6, 6.07) is 11.8. The van der Waals surface area contributed by atoms with Crippen LogP contribution in [0.4, 0.5) is 0 Å². The molecule has 0 spiro atoms. The summed E-state index contributed by atoms with van der Waals surface area (Å²) in [5, 5.41) is 18.8. The van der Waals surface area contributed by atoms with E-state index in [1.54, 1.807) is 24.3 Å². The zero-order valence-electron chi connectivity index (χ0n) is 11.2. The Hall–Kier alpha value is -1.62. The zero-order valence-corrected chi connectivity index (χ0v) is 14.2. The van der Waals surface area contributed by atoms with Gasteiger partial charge in [-0.1, -0.05) is 46.4 Å². The Kier molecular flexibility index (Phi) is 7.32. The molecular weight excluding hydrogens is 366 g/mol. The maximum Gasteiger partial charge on any atom is 0.156 e. The van der Waals surface area contributed by atoms with Crippen LogP contribution in [0, 0.1) is 22.7 Å².